The molecule has 1 aromatic carbocycles. The number of nitrogens with zero attached hydrogens (tertiary/aromatic N) is 1. The van der Waals surface area contributed by atoms with E-state index in [1.54, 1.807) is 0 Å². The summed E-state index contributed by atoms with van der Waals surface area (Å²) in [6.07, 6.45) is 0.546. The molecular formula is C12H11FN2O4. The normalized spacial score (nSPS) is 20.9. The Morgan fingerprint density at radius 3 is 3.05 bits per heavy atom. The summed E-state index contributed by atoms with van der Waals surface area (Å²) in [5.74, 6) is -0.885. The molecule has 0 spiro atoms. The molecule has 0 bridgehead atoms. The minimum Gasteiger partial charge on any atom is -0.483 e. The second kappa shape index (κ2) is 4.18. The van der Waals surface area contributed by atoms with Crippen molar-refractivity contribution < 1.29 is 18.8 Å². The number of hydrogen-bond donors (Lipinski definition) is 1. The van der Waals surface area contributed by atoms with Crippen LogP contribution < -0.4 is 10.1 Å². The molecule has 6 nitrogen and oxygen atoms in total. The van der Waals surface area contributed by atoms with Crippen LogP contribution >= 0.6 is 0 Å². The topological polar surface area (TPSA) is 81.5 Å². The van der Waals surface area contributed by atoms with Crippen LogP contribution in [0, 0.1) is 15.9 Å². The minimum absolute atomic E-state index is 0.0195. The van der Waals surface area contributed by atoms with Crippen LogP contribution in [-0.4, -0.2) is 30.0 Å². The third-order valence-corrected chi connectivity index (χ3v) is 3.48. The second-order valence-electron chi connectivity index (χ2n) is 4.66. The van der Waals surface area contributed by atoms with E-state index in [1.165, 1.54) is 6.07 Å². The van der Waals surface area contributed by atoms with Gasteiger partial charge in [-0.05, 0) is 18.1 Å². The third kappa shape index (κ3) is 1.81. The number of nitro groups is 1. The highest BCUT2D eigenvalue weighted by molar-refractivity contribution is 5.99. The number of amides is 1. The zero-order valence-corrected chi connectivity index (χ0v) is 9.94. The summed E-state index contributed by atoms with van der Waals surface area (Å²) < 4.78 is 19.0. The van der Waals surface area contributed by atoms with Gasteiger partial charge >= 0.3 is 0 Å². The molecule has 1 amide bonds. The van der Waals surface area contributed by atoms with Gasteiger partial charge in [-0.15, -0.1) is 0 Å². The summed E-state index contributed by atoms with van der Waals surface area (Å²) in [5.41, 5.74) is 1.25. The predicted molar refractivity (Wildman–Crippen MR) is 62.4 cm³/mol. The van der Waals surface area contributed by atoms with Crippen LogP contribution in [-0.2, 0) is 12.8 Å². The van der Waals surface area contributed by atoms with Crippen molar-refractivity contribution in [1.82, 2.24) is 5.32 Å². The molecule has 1 aromatic rings. The monoisotopic (exact) mass is 266 g/mol. The highest BCUT2D eigenvalue weighted by Crippen LogP contribution is 2.35. The molecule has 7 heteroatoms. The molecule has 1 N–H and O–H groups in total. The van der Waals surface area contributed by atoms with Crippen LogP contribution in [0.5, 0.6) is 5.75 Å². The Kier molecular flexibility index (Phi) is 2.62. The molecule has 3 rings (SSSR count). The van der Waals surface area contributed by atoms with Gasteiger partial charge in [-0.1, -0.05) is 0 Å². The number of fused-ring (bicyclic) bond motifs is 3. The van der Waals surface area contributed by atoms with Gasteiger partial charge in [-0.3, -0.25) is 14.9 Å². The molecule has 2 heterocycles. The summed E-state index contributed by atoms with van der Waals surface area (Å²) in [7, 11) is 0. The summed E-state index contributed by atoms with van der Waals surface area (Å²) in [6, 6.07) is 0.354. The smallest absolute Gasteiger partial charge is 0.251 e. The summed E-state index contributed by atoms with van der Waals surface area (Å²) in [5, 5.41) is 13.5. The molecule has 100 valence electrons. The first-order valence-corrected chi connectivity index (χ1v) is 5.96. The molecule has 0 saturated heterocycles. The van der Waals surface area contributed by atoms with Gasteiger partial charge in [0.15, 0.2) is 18.2 Å². The van der Waals surface area contributed by atoms with Crippen molar-refractivity contribution in [1.29, 1.82) is 0 Å². The fraction of sp³-hybridized carbons (Fsp3) is 0.417. The Labute approximate surface area is 107 Å². The van der Waals surface area contributed by atoms with Gasteiger partial charge in [0.25, 0.3) is 11.9 Å². The van der Waals surface area contributed by atoms with E-state index in [1.807, 2.05) is 0 Å². The van der Waals surface area contributed by atoms with Crippen molar-refractivity contribution in [3.05, 3.63) is 38.7 Å². The van der Waals surface area contributed by atoms with Crippen LogP contribution in [0.15, 0.2) is 6.07 Å². The Morgan fingerprint density at radius 1 is 1.53 bits per heavy atom. The van der Waals surface area contributed by atoms with Gasteiger partial charge in [0.2, 0.25) is 0 Å². The van der Waals surface area contributed by atoms with E-state index in [4.69, 9.17) is 4.74 Å². The quantitative estimate of drug-likeness (QED) is 0.599. The molecule has 2 aliphatic heterocycles. The number of rotatable bonds is 1. The number of nitrogens with one attached hydrogen (secondary N) is 1. The standard InChI is InChI=1S/C12H11FN2O4/c13-9-3-6-1-2-14-12(16)10(6)8-4-7(15(17)18)5-19-11(8)9/h3,7H,1-2,4-5H2,(H,14,16). The predicted octanol–water partition coefficient (Wildman–Crippen LogP) is 0.692. The zero-order valence-electron chi connectivity index (χ0n) is 9.94. The SMILES string of the molecule is O=C1NCCc2cc(F)c3c(c21)CC([N+](=O)[O-])CO3. The molecule has 0 radical (unpaired) electrons. The Bertz CT molecular complexity index is 588. The lowest BCUT2D eigenvalue weighted by atomic mass is 9.89. The van der Waals surface area contributed by atoms with Crippen molar-refractivity contribution >= 4 is 5.91 Å². The lowest BCUT2D eigenvalue weighted by Gasteiger charge is -2.26. The maximum atomic E-state index is 13.9. The van der Waals surface area contributed by atoms with Gasteiger partial charge in [-0.2, -0.15) is 0 Å². The minimum atomic E-state index is -0.937. The van der Waals surface area contributed by atoms with Crippen LogP contribution in [0.4, 0.5) is 4.39 Å². The van der Waals surface area contributed by atoms with E-state index in [0.29, 0.717) is 29.7 Å². The first kappa shape index (κ1) is 11.9. The van der Waals surface area contributed by atoms with Crippen molar-refractivity contribution in [3.63, 3.8) is 0 Å². The van der Waals surface area contributed by atoms with Gasteiger partial charge in [0.05, 0.1) is 0 Å². The van der Waals surface area contributed by atoms with E-state index in [2.05, 4.69) is 5.32 Å². The number of ether oxygens (including phenoxy) is 1. The maximum Gasteiger partial charge on any atom is 0.251 e. The molecule has 19 heavy (non-hydrogen) atoms. The molecule has 1 atom stereocenters. The van der Waals surface area contributed by atoms with Crippen LogP contribution in [0.1, 0.15) is 21.5 Å². The van der Waals surface area contributed by atoms with E-state index in [-0.39, 0.29) is 24.7 Å². The average molecular weight is 266 g/mol. The molecule has 0 aliphatic carbocycles. The Morgan fingerprint density at radius 2 is 2.32 bits per heavy atom. The zero-order chi connectivity index (χ0) is 13.6. The van der Waals surface area contributed by atoms with Crippen LogP contribution in [0.2, 0.25) is 0 Å². The maximum absolute atomic E-state index is 13.9. The van der Waals surface area contributed by atoms with Crippen molar-refractivity contribution in [2.45, 2.75) is 18.9 Å². The largest absolute Gasteiger partial charge is 0.483 e. The highest BCUT2D eigenvalue weighted by atomic mass is 19.1. The molecular weight excluding hydrogens is 255 g/mol. The fourth-order valence-corrected chi connectivity index (χ4v) is 2.58. The Hall–Kier alpha value is -2.18. The summed E-state index contributed by atoms with van der Waals surface area (Å²) >= 11 is 0. The Balaban J connectivity index is 2.15. The van der Waals surface area contributed by atoms with E-state index in [9.17, 15) is 19.3 Å². The lowest BCUT2D eigenvalue weighted by Crippen LogP contribution is -2.38. The average Bonchev–Trinajstić information content (AvgIpc) is 2.38. The molecule has 0 fully saturated rings. The summed E-state index contributed by atoms with van der Waals surface area (Å²) in [4.78, 5) is 22.3. The fourth-order valence-electron chi connectivity index (χ4n) is 2.58. The van der Waals surface area contributed by atoms with Crippen molar-refractivity contribution in [2.24, 2.45) is 0 Å². The number of benzene rings is 1. The lowest BCUT2D eigenvalue weighted by molar-refractivity contribution is -0.525. The summed E-state index contributed by atoms with van der Waals surface area (Å²) in [6.45, 7) is 0.279. The number of halogens is 1. The van der Waals surface area contributed by atoms with Crippen molar-refractivity contribution in [3.8, 4) is 5.75 Å². The molecule has 2 aliphatic rings. The van der Waals surface area contributed by atoms with Gasteiger partial charge in [0, 0.05) is 29.0 Å². The third-order valence-electron chi connectivity index (χ3n) is 3.48. The highest BCUT2D eigenvalue weighted by Gasteiger charge is 2.35. The number of carbonyl (C=O) groups excluding carboxylic acids is 1. The molecule has 1 unspecified atom stereocenters. The van der Waals surface area contributed by atoms with Crippen molar-refractivity contribution in [2.75, 3.05) is 13.2 Å². The van der Waals surface area contributed by atoms with Crippen LogP contribution in [0.25, 0.3) is 0 Å². The van der Waals surface area contributed by atoms with Crippen LogP contribution in [0.3, 0.4) is 0 Å². The molecule has 0 aromatic heterocycles. The van der Waals surface area contributed by atoms with E-state index in [0.717, 1.165) is 0 Å². The van der Waals surface area contributed by atoms with Gasteiger partial charge < -0.3 is 10.1 Å². The van der Waals surface area contributed by atoms with E-state index < -0.39 is 16.8 Å². The first-order valence-electron chi connectivity index (χ1n) is 5.96. The number of hydrogen-bond acceptors (Lipinski definition) is 4. The second-order valence-corrected chi connectivity index (χ2v) is 4.66. The first-order chi connectivity index (χ1) is 9.08. The molecule has 0 saturated carbocycles. The van der Waals surface area contributed by atoms with Gasteiger partial charge in [-0.25, -0.2) is 4.39 Å². The van der Waals surface area contributed by atoms with E-state index >= 15 is 0 Å². The van der Waals surface area contributed by atoms with Gasteiger partial charge in [0.1, 0.15) is 0 Å². The number of carbonyl (C=O) groups is 1.